The molecule has 2 aromatic rings. The molecular weight excluding hydrogens is 344 g/mol. The van der Waals surface area contributed by atoms with E-state index in [1.54, 1.807) is 55.5 Å². The third-order valence-corrected chi connectivity index (χ3v) is 3.97. The third kappa shape index (κ3) is 3.72. The second-order valence-corrected chi connectivity index (χ2v) is 5.81. The zero-order valence-electron chi connectivity index (χ0n) is 14.6. The number of benzene rings is 2. The molecule has 27 heavy (non-hydrogen) atoms. The highest BCUT2D eigenvalue weighted by molar-refractivity contribution is 6.39. The monoisotopic (exact) mass is 360 g/mol. The summed E-state index contributed by atoms with van der Waals surface area (Å²) in [6.45, 7) is 1.93. The van der Waals surface area contributed by atoms with Gasteiger partial charge in [-0.25, -0.2) is 9.69 Å². The highest BCUT2D eigenvalue weighted by atomic mass is 16.5. The predicted molar refractivity (Wildman–Crippen MR) is 101 cm³/mol. The summed E-state index contributed by atoms with van der Waals surface area (Å²) < 4.78 is 5.29. The van der Waals surface area contributed by atoms with Gasteiger partial charge in [-0.15, -0.1) is 6.42 Å². The molecule has 0 unspecified atom stereocenters. The van der Waals surface area contributed by atoms with Gasteiger partial charge in [0.1, 0.15) is 17.9 Å². The van der Waals surface area contributed by atoms with Gasteiger partial charge in [0.25, 0.3) is 11.8 Å². The summed E-state index contributed by atoms with van der Waals surface area (Å²) in [6.07, 6.45) is 6.58. The van der Waals surface area contributed by atoms with Gasteiger partial charge in [-0.05, 0) is 42.3 Å². The van der Waals surface area contributed by atoms with E-state index in [0.29, 0.717) is 17.0 Å². The van der Waals surface area contributed by atoms with Crippen molar-refractivity contribution >= 4 is 29.6 Å². The van der Waals surface area contributed by atoms with Gasteiger partial charge >= 0.3 is 6.03 Å². The number of hydrogen-bond acceptors (Lipinski definition) is 4. The van der Waals surface area contributed by atoms with Crippen molar-refractivity contribution in [3.05, 3.63) is 65.2 Å². The minimum atomic E-state index is -0.769. The van der Waals surface area contributed by atoms with Crippen molar-refractivity contribution in [2.75, 3.05) is 11.5 Å². The zero-order chi connectivity index (χ0) is 19.4. The lowest BCUT2D eigenvalue weighted by Gasteiger charge is -2.27. The molecule has 0 saturated carbocycles. The molecule has 0 bridgehead atoms. The Morgan fingerprint density at radius 3 is 2.48 bits per heavy atom. The molecule has 1 N–H and O–H groups in total. The molecule has 0 aromatic heterocycles. The molecule has 1 fully saturated rings. The van der Waals surface area contributed by atoms with E-state index in [1.807, 2.05) is 0 Å². The van der Waals surface area contributed by atoms with Gasteiger partial charge in [0, 0.05) is 0 Å². The average molecular weight is 360 g/mol. The zero-order valence-corrected chi connectivity index (χ0v) is 14.6. The first-order chi connectivity index (χ1) is 13.0. The summed E-state index contributed by atoms with van der Waals surface area (Å²) >= 11 is 0. The standard InChI is InChI=1S/C21H16N2O4/c1-3-12-27-16-10-8-15(9-11-16)13-17-19(24)22-21(26)23(20(17)25)18-7-5-4-6-14(18)2/h1,4-11,13H,12H2,2H3,(H,22,24,26)/b17-13+. The second kappa shape index (κ2) is 7.58. The molecule has 4 amide bonds. The van der Waals surface area contributed by atoms with E-state index in [2.05, 4.69) is 11.2 Å². The molecule has 6 nitrogen and oxygen atoms in total. The Hall–Kier alpha value is -3.85. The lowest BCUT2D eigenvalue weighted by Crippen LogP contribution is -2.54. The van der Waals surface area contributed by atoms with Crippen LogP contribution >= 0.6 is 0 Å². The van der Waals surface area contributed by atoms with Crippen LogP contribution in [-0.4, -0.2) is 24.5 Å². The van der Waals surface area contributed by atoms with E-state index >= 15 is 0 Å². The van der Waals surface area contributed by atoms with E-state index in [-0.39, 0.29) is 12.2 Å². The molecule has 0 atom stereocenters. The molecule has 0 aliphatic carbocycles. The van der Waals surface area contributed by atoms with Crippen LogP contribution in [0.15, 0.2) is 54.1 Å². The average Bonchev–Trinajstić information content (AvgIpc) is 2.66. The highest BCUT2D eigenvalue weighted by Gasteiger charge is 2.37. The molecule has 2 aromatic carbocycles. The summed E-state index contributed by atoms with van der Waals surface area (Å²) in [6, 6.07) is 12.9. The van der Waals surface area contributed by atoms with Gasteiger partial charge in [-0.1, -0.05) is 36.3 Å². The van der Waals surface area contributed by atoms with E-state index in [0.717, 1.165) is 10.5 Å². The van der Waals surface area contributed by atoms with Gasteiger partial charge in [0.05, 0.1) is 5.69 Å². The van der Waals surface area contributed by atoms with Crippen molar-refractivity contribution in [3.63, 3.8) is 0 Å². The number of anilines is 1. The highest BCUT2D eigenvalue weighted by Crippen LogP contribution is 2.25. The first kappa shape index (κ1) is 18.0. The number of carbonyl (C=O) groups excluding carboxylic acids is 3. The van der Waals surface area contributed by atoms with Crippen LogP contribution < -0.4 is 15.0 Å². The minimum Gasteiger partial charge on any atom is -0.481 e. The van der Waals surface area contributed by atoms with Crippen molar-refractivity contribution < 1.29 is 19.1 Å². The van der Waals surface area contributed by atoms with E-state index in [9.17, 15) is 14.4 Å². The number of urea groups is 1. The fourth-order valence-corrected chi connectivity index (χ4v) is 2.64. The fraction of sp³-hybridized carbons (Fsp3) is 0.0952. The minimum absolute atomic E-state index is 0.129. The number of terminal acetylenes is 1. The molecule has 1 saturated heterocycles. The second-order valence-electron chi connectivity index (χ2n) is 5.81. The Bertz CT molecular complexity index is 984. The number of imide groups is 2. The van der Waals surface area contributed by atoms with Crippen LogP contribution in [0.3, 0.4) is 0 Å². The van der Waals surface area contributed by atoms with E-state index in [4.69, 9.17) is 11.2 Å². The van der Waals surface area contributed by atoms with Gasteiger partial charge < -0.3 is 4.74 Å². The summed E-state index contributed by atoms with van der Waals surface area (Å²) in [4.78, 5) is 38.2. The summed E-state index contributed by atoms with van der Waals surface area (Å²) in [5.41, 5.74) is 1.65. The van der Waals surface area contributed by atoms with Crippen LogP contribution in [0.4, 0.5) is 10.5 Å². The van der Waals surface area contributed by atoms with Crippen molar-refractivity contribution in [2.24, 2.45) is 0 Å². The number of nitrogens with zero attached hydrogens (tertiary/aromatic N) is 1. The van der Waals surface area contributed by atoms with Crippen LogP contribution in [-0.2, 0) is 9.59 Å². The Kier molecular flexibility index (Phi) is 5.04. The number of para-hydroxylation sites is 1. The Morgan fingerprint density at radius 1 is 1.11 bits per heavy atom. The molecule has 6 heteroatoms. The number of hydrogen-bond donors (Lipinski definition) is 1. The Labute approximate surface area is 156 Å². The number of amides is 4. The largest absolute Gasteiger partial charge is 0.481 e. The summed E-state index contributed by atoms with van der Waals surface area (Å²) in [5, 5.41) is 2.21. The third-order valence-electron chi connectivity index (χ3n) is 3.97. The Balaban J connectivity index is 1.92. The molecule has 0 spiro atoms. The molecule has 134 valence electrons. The lowest BCUT2D eigenvalue weighted by molar-refractivity contribution is -0.122. The number of rotatable bonds is 4. The first-order valence-electron chi connectivity index (χ1n) is 8.14. The molecule has 1 aliphatic heterocycles. The van der Waals surface area contributed by atoms with Crippen molar-refractivity contribution in [1.29, 1.82) is 0 Å². The normalized spacial score (nSPS) is 15.5. The van der Waals surface area contributed by atoms with Gasteiger partial charge in [-0.3, -0.25) is 14.9 Å². The first-order valence-corrected chi connectivity index (χ1v) is 8.14. The topological polar surface area (TPSA) is 75.7 Å². The van der Waals surface area contributed by atoms with Crippen LogP contribution in [0.2, 0.25) is 0 Å². The van der Waals surface area contributed by atoms with Crippen LogP contribution in [0.25, 0.3) is 6.08 Å². The van der Waals surface area contributed by atoms with E-state index < -0.39 is 17.8 Å². The quantitative estimate of drug-likeness (QED) is 0.517. The number of aryl methyl sites for hydroxylation is 1. The molecule has 0 radical (unpaired) electrons. The molecule has 3 rings (SSSR count). The van der Waals surface area contributed by atoms with Crippen LogP contribution in [0.5, 0.6) is 5.75 Å². The smallest absolute Gasteiger partial charge is 0.335 e. The fourth-order valence-electron chi connectivity index (χ4n) is 2.64. The van der Waals surface area contributed by atoms with E-state index in [1.165, 1.54) is 6.08 Å². The maximum atomic E-state index is 12.8. The van der Waals surface area contributed by atoms with Crippen molar-refractivity contribution in [1.82, 2.24) is 5.32 Å². The van der Waals surface area contributed by atoms with Crippen LogP contribution in [0.1, 0.15) is 11.1 Å². The van der Waals surface area contributed by atoms with Gasteiger partial charge in [0.2, 0.25) is 0 Å². The summed E-state index contributed by atoms with van der Waals surface area (Å²) in [7, 11) is 0. The van der Waals surface area contributed by atoms with Crippen molar-refractivity contribution in [3.8, 4) is 18.1 Å². The van der Waals surface area contributed by atoms with Gasteiger partial charge in [-0.2, -0.15) is 0 Å². The summed E-state index contributed by atoms with van der Waals surface area (Å²) in [5.74, 6) is 1.53. The maximum absolute atomic E-state index is 12.8. The van der Waals surface area contributed by atoms with Gasteiger partial charge in [0.15, 0.2) is 0 Å². The molecule has 1 aliphatic rings. The number of carbonyl (C=O) groups is 3. The lowest BCUT2D eigenvalue weighted by atomic mass is 10.1. The Morgan fingerprint density at radius 2 is 1.81 bits per heavy atom. The van der Waals surface area contributed by atoms with Crippen molar-refractivity contribution in [2.45, 2.75) is 6.92 Å². The molecule has 1 heterocycles. The predicted octanol–water partition coefficient (Wildman–Crippen LogP) is 2.67. The number of barbiturate groups is 1. The number of ether oxygens (including phenoxy) is 1. The molecular formula is C21H16N2O4. The number of nitrogens with one attached hydrogen (secondary N) is 1. The van der Waals surface area contributed by atoms with Crippen LogP contribution in [0, 0.1) is 19.3 Å². The SMILES string of the molecule is C#CCOc1ccc(/C=C2\C(=O)NC(=O)N(c3ccccc3C)C2=O)cc1. The maximum Gasteiger partial charge on any atom is 0.335 e.